The summed E-state index contributed by atoms with van der Waals surface area (Å²) >= 11 is 0. The van der Waals surface area contributed by atoms with Gasteiger partial charge in [-0.05, 0) is 11.8 Å². The summed E-state index contributed by atoms with van der Waals surface area (Å²) in [7, 11) is 1.71. The molecule has 0 aromatic carbocycles. The van der Waals surface area contributed by atoms with Crippen LogP contribution in [0.4, 0.5) is 0 Å². The maximum absolute atomic E-state index is 5.65. The van der Waals surface area contributed by atoms with Crippen molar-refractivity contribution in [3.63, 3.8) is 0 Å². The number of ether oxygens (including phenoxy) is 2. The van der Waals surface area contributed by atoms with Crippen LogP contribution in [0.1, 0.15) is 34.1 Å². The number of piperazine rings is 1. The van der Waals surface area contributed by atoms with Crippen LogP contribution >= 0.6 is 0 Å². The highest BCUT2D eigenvalue weighted by atomic mass is 16.5. The fourth-order valence-corrected chi connectivity index (χ4v) is 2.82. The fourth-order valence-electron chi connectivity index (χ4n) is 2.82. The van der Waals surface area contributed by atoms with Gasteiger partial charge in [0.2, 0.25) is 0 Å². The van der Waals surface area contributed by atoms with Crippen LogP contribution in [0.25, 0.3) is 0 Å². The molecule has 0 saturated carbocycles. The van der Waals surface area contributed by atoms with Gasteiger partial charge in [-0.3, -0.25) is 4.90 Å². The summed E-state index contributed by atoms with van der Waals surface area (Å²) in [5, 5.41) is 3.72. The van der Waals surface area contributed by atoms with Gasteiger partial charge in [0, 0.05) is 38.8 Å². The minimum Gasteiger partial charge on any atom is -0.382 e. The Morgan fingerprint density at radius 1 is 1.20 bits per heavy atom. The molecule has 120 valence electrons. The van der Waals surface area contributed by atoms with Crippen molar-refractivity contribution < 1.29 is 9.47 Å². The topological polar surface area (TPSA) is 33.7 Å². The average Bonchev–Trinajstić information content (AvgIpc) is 2.46. The van der Waals surface area contributed by atoms with Crippen molar-refractivity contribution in [1.82, 2.24) is 10.2 Å². The number of hydrogen-bond donors (Lipinski definition) is 1. The summed E-state index contributed by atoms with van der Waals surface area (Å²) in [5.74, 6) is 1.42. The molecule has 0 aromatic rings. The van der Waals surface area contributed by atoms with Gasteiger partial charge >= 0.3 is 0 Å². The molecule has 1 rings (SSSR count). The Bertz CT molecular complexity index is 249. The lowest BCUT2D eigenvalue weighted by molar-refractivity contribution is 0.0244. The Morgan fingerprint density at radius 2 is 1.95 bits per heavy atom. The van der Waals surface area contributed by atoms with E-state index in [1.165, 1.54) is 6.42 Å². The monoisotopic (exact) mass is 286 g/mol. The van der Waals surface area contributed by atoms with Gasteiger partial charge in [-0.2, -0.15) is 0 Å². The number of nitrogens with one attached hydrogen (secondary N) is 1. The predicted octanol–water partition coefficient (Wildman–Crippen LogP) is 1.99. The third-order valence-corrected chi connectivity index (χ3v) is 4.55. The summed E-state index contributed by atoms with van der Waals surface area (Å²) in [6.07, 6.45) is 1.24. The Morgan fingerprint density at radius 3 is 2.55 bits per heavy atom. The van der Waals surface area contributed by atoms with E-state index >= 15 is 0 Å². The minimum atomic E-state index is 0.606. The molecule has 0 aliphatic carbocycles. The zero-order chi connectivity index (χ0) is 15.0. The van der Waals surface area contributed by atoms with Gasteiger partial charge in [0.1, 0.15) is 0 Å². The van der Waals surface area contributed by atoms with E-state index in [9.17, 15) is 0 Å². The SMILES string of the molecule is CCC(C)C1CNC(C(C)C)CN1CCOCCOC. The maximum Gasteiger partial charge on any atom is 0.0700 e. The van der Waals surface area contributed by atoms with Crippen LogP contribution in [0.5, 0.6) is 0 Å². The van der Waals surface area contributed by atoms with Crippen molar-refractivity contribution in [2.24, 2.45) is 11.8 Å². The van der Waals surface area contributed by atoms with Crippen LogP contribution in [0.3, 0.4) is 0 Å². The first-order chi connectivity index (χ1) is 9.60. The van der Waals surface area contributed by atoms with Gasteiger partial charge in [0.05, 0.1) is 19.8 Å². The van der Waals surface area contributed by atoms with Crippen molar-refractivity contribution >= 4 is 0 Å². The lowest BCUT2D eigenvalue weighted by atomic mass is 9.92. The Kier molecular flexibility index (Phi) is 8.69. The molecule has 0 amide bonds. The van der Waals surface area contributed by atoms with E-state index in [4.69, 9.17) is 9.47 Å². The number of rotatable bonds is 9. The molecule has 1 saturated heterocycles. The summed E-state index contributed by atoms with van der Waals surface area (Å²) < 4.78 is 10.7. The number of nitrogens with zero attached hydrogens (tertiary/aromatic N) is 1. The van der Waals surface area contributed by atoms with E-state index in [0.717, 1.165) is 32.2 Å². The summed E-state index contributed by atoms with van der Waals surface area (Å²) in [4.78, 5) is 2.63. The van der Waals surface area contributed by atoms with E-state index in [-0.39, 0.29) is 0 Å². The van der Waals surface area contributed by atoms with Crippen LogP contribution in [0, 0.1) is 11.8 Å². The van der Waals surface area contributed by atoms with Gasteiger partial charge < -0.3 is 14.8 Å². The largest absolute Gasteiger partial charge is 0.382 e. The summed E-state index contributed by atoms with van der Waals surface area (Å²) in [6.45, 7) is 14.7. The third kappa shape index (κ3) is 5.68. The minimum absolute atomic E-state index is 0.606. The quantitative estimate of drug-likeness (QED) is 0.657. The zero-order valence-corrected chi connectivity index (χ0v) is 14.0. The molecule has 1 aliphatic rings. The molecule has 4 nitrogen and oxygen atoms in total. The highest BCUT2D eigenvalue weighted by Crippen LogP contribution is 2.20. The summed E-state index contributed by atoms with van der Waals surface area (Å²) in [6, 6.07) is 1.25. The first kappa shape index (κ1) is 17.9. The number of methoxy groups -OCH3 is 1. The second-order valence-corrected chi connectivity index (χ2v) is 6.31. The Hall–Kier alpha value is -0.160. The highest BCUT2D eigenvalue weighted by molar-refractivity contribution is 4.89. The molecule has 1 aliphatic heterocycles. The van der Waals surface area contributed by atoms with E-state index < -0.39 is 0 Å². The van der Waals surface area contributed by atoms with Gasteiger partial charge in [-0.1, -0.05) is 34.1 Å². The average molecular weight is 286 g/mol. The molecule has 1 heterocycles. The normalized spacial score (nSPS) is 26.1. The van der Waals surface area contributed by atoms with E-state index in [1.54, 1.807) is 7.11 Å². The first-order valence-corrected chi connectivity index (χ1v) is 8.14. The van der Waals surface area contributed by atoms with Gasteiger partial charge in [-0.15, -0.1) is 0 Å². The molecular formula is C16H34N2O2. The number of hydrogen-bond acceptors (Lipinski definition) is 4. The van der Waals surface area contributed by atoms with Crippen molar-refractivity contribution in [2.45, 2.75) is 46.2 Å². The molecule has 0 bridgehead atoms. The third-order valence-electron chi connectivity index (χ3n) is 4.55. The van der Waals surface area contributed by atoms with E-state index in [2.05, 4.69) is 37.9 Å². The molecule has 20 heavy (non-hydrogen) atoms. The fraction of sp³-hybridized carbons (Fsp3) is 1.00. The maximum atomic E-state index is 5.65. The summed E-state index contributed by atoms with van der Waals surface area (Å²) in [5.41, 5.74) is 0. The van der Waals surface area contributed by atoms with Crippen LogP contribution in [0.2, 0.25) is 0 Å². The standard InChI is InChI=1S/C16H34N2O2/c1-6-14(4)16-11-17-15(13(2)3)12-18(16)7-8-20-10-9-19-5/h13-17H,6-12H2,1-5H3. The van der Waals surface area contributed by atoms with E-state index in [1.807, 2.05) is 0 Å². The predicted molar refractivity (Wildman–Crippen MR) is 84.1 cm³/mol. The van der Waals surface area contributed by atoms with E-state index in [0.29, 0.717) is 31.2 Å². The molecule has 0 aromatic heterocycles. The smallest absolute Gasteiger partial charge is 0.0700 e. The molecule has 1 N–H and O–H groups in total. The Labute approximate surface area is 125 Å². The molecular weight excluding hydrogens is 252 g/mol. The van der Waals surface area contributed by atoms with Gasteiger partial charge in [0.25, 0.3) is 0 Å². The van der Waals surface area contributed by atoms with Gasteiger partial charge in [-0.25, -0.2) is 0 Å². The molecule has 3 unspecified atom stereocenters. The van der Waals surface area contributed by atoms with Crippen molar-refractivity contribution in [1.29, 1.82) is 0 Å². The molecule has 3 atom stereocenters. The van der Waals surface area contributed by atoms with Crippen LogP contribution in [0.15, 0.2) is 0 Å². The van der Waals surface area contributed by atoms with Crippen molar-refractivity contribution in [3.05, 3.63) is 0 Å². The van der Waals surface area contributed by atoms with Crippen LogP contribution < -0.4 is 5.32 Å². The zero-order valence-electron chi connectivity index (χ0n) is 14.0. The molecule has 1 fully saturated rings. The second-order valence-electron chi connectivity index (χ2n) is 6.31. The van der Waals surface area contributed by atoms with Crippen molar-refractivity contribution in [3.8, 4) is 0 Å². The molecule has 4 heteroatoms. The van der Waals surface area contributed by atoms with Crippen molar-refractivity contribution in [2.75, 3.05) is 46.6 Å². The Balaban J connectivity index is 2.44. The lowest BCUT2D eigenvalue weighted by Crippen LogP contribution is -2.60. The molecule has 0 spiro atoms. The lowest BCUT2D eigenvalue weighted by Gasteiger charge is -2.44. The van der Waals surface area contributed by atoms with Crippen LogP contribution in [-0.2, 0) is 9.47 Å². The van der Waals surface area contributed by atoms with Gasteiger partial charge in [0.15, 0.2) is 0 Å². The second kappa shape index (κ2) is 9.72. The molecule has 0 radical (unpaired) electrons. The first-order valence-electron chi connectivity index (χ1n) is 8.14. The highest BCUT2D eigenvalue weighted by Gasteiger charge is 2.31. The van der Waals surface area contributed by atoms with Crippen LogP contribution in [-0.4, -0.2) is 63.5 Å².